The highest BCUT2D eigenvalue weighted by molar-refractivity contribution is 5.97. The fraction of sp³-hybridized carbons (Fsp3) is 0.391. The maximum absolute atomic E-state index is 14.6. The maximum atomic E-state index is 14.6. The van der Waals surface area contributed by atoms with Crippen LogP contribution < -0.4 is 10.2 Å². The second-order valence-corrected chi connectivity index (χ2v) is 7.51. The maximum Gasteiger partial charge on any atom is 0.220 e. The molecule has 1 heterocycles. The molecule has 2 aromatic rings. The van der Waals surface area contributed by atoms with Crippen LogP contribution in [0.4, 0.5) is 10.1 Å². The molecule has 1 N–H and O–H groups in total. The van der Waals surface area contributed by atoms with E-state index in [9.17, 15) is 14.0 Å². The summed E-state index contributed by atoms with van der Waals surface area (Å²) in [7, 11) is 0. The normalized spacial score (nSPS) is 19.1. The Hall–Kier alpha value is -2.73. The van der Waals surface area contributed by atoms with E-state index in [1.165, 1.54) is 6.07 Å². The molecule has 0 radical (unpaired) electrons. The largest absolute Gasteiger partial charge is 0.372 e. The Morgan fingerprint density at radius 1 is 1.07 bits per heavy atom. The number of morpholine rings is 1. The van der Waals surface area contributed by atoms with Crippen LogP contribution in [0.3, 0.4) is 0 Å². The molecule has 1 amide bonds. The number of rotatable bonds is 7. The fourth-order valence-corrected chi connectivity index (χ4v) is 3.58. The molecule has 0 bridgehead atoms. The second-order valence-electron chi connectivity index (χ2n) is 7.51. The van der Waals surface area contributed by atoms with Gasteiger partial charge in [0.2, 0.25) is 5.91 Å². The lowest BCUT2D eigenvalue weighted by Crippen LogP contribution is -2.45. The van der Waals surface area contributed by atoms with Gasteiger partial charge in [-0.25, -0.2) is 4.39 Å². The SMILES string of the molecule is C[C@@H]1CN(c2ccc(CNC(=O)CCC(=O)c3ccccc3)cc2F)C[C@@H](C)O1. The molecule has 1 aliphatic heterocycles. The van der Waals surface area contributed by atoms with Gasteiger partial charge in [0.1, 0.15) is 5.82 Å². The van der Waals surface area contributed by atoms with Crippen molar-refractivity contribution in [1.82, 2.24) is 5.32 Å². The van der Waals surface area contributed by atoms with Crippen molar-refractivity contribution in [2.24, 2.45) is 0 Å². The van der Waals surface area contributed by atoms with Crippen LogP contribution in [0.5, 0.6) is 0 Å². The topological polar surface area (TPSA) is 58.6 Å². The molecule has 3 rings (SSSR count). The molecule has 6 heteroatoms. The number of anilines is 1. The first-order valence-corrected chi connectivity index (χ1v) is 9.96. The Bertz CT molecular complexity index is 846. The van der Waals surface area contributed by atoms with Gasteiger partial charge in [-0.05, 0) is 31.5 Å². The summed E-state index contributed by atoms with van der Waals surface area (Å²) < 4.78 is 20.3. The standard InChI is InChI=1S/C23H27FN2O3/c1-16-14-26(15-17(2)29-16)21-9-8-18(12-20(21)24)13-25-23(28)11-10-22(27)19-6-4-3-5-7-19/h3-9,12,16-17H,10-11,13-15H2,1-2H3,(H,25,28)/t16-,17-/m1/s1. The van der Waals surface area contributed by atoms with Crippen LogP contribution in [0.25, 0.3) is 0 Å². The number of hydrogen-bond acceptors (Lipinski definition) is 4. The predicted octanol–water partition coefficient (Wildman–Crippen LogP) is 3.72. The smallest absolute Gasteiger partial charge is 0.220 e. The number of benzene rings is 2. The second kappa shape index (κ2) is 9.65. The Morgan fingerprint density at radius 3 is 2.41 bits per heavy atom. The van der Waals surface area contributed by atoms with E-state index in [1.54, 1.807) is 30.3 Å². The first kappa shape index (κ1) is 21.0. The van der Waals surface area contributed by atoms with Crippen molar-refractivity contribution >= 4 is 17.4 Å². The van der Waals surface area contributed by atoms with Crippen molar-refractivity contribution in [3.63, 3.8) is 0 Å². The van der Waals surface area contributed by atoms with Crippen molar-refractivity contribution < 1.29 is 18.7 Å². The number of amides is 1. The number of carbonyl (C=O) groups is 2. The van der Waals surface area contributed by atoms with Crippen molar-refractivity contribution in [2.45, 2.75) is 45.4 Å². The van der Waals surface area contributed by atoms with Crippen LogP contribution in [0, 0.1) is 5.82 Å². The summed E-state index contributed by atoms with van der Waals surface area (Å²) in [6, 6.07) is 13.9. The van der Waals surface area contributed by atoms with E-state index >= 15 is 0 Å². The van der Waals surface area contributed by atoms with Gasteiger partial charge in [-0.1, -0.05) is 36.4 Å². The van der Waals surface area contributed by atoms with E-state index in [0.29, 0.717) is 29.9 Å². The highest BCUT2D eigenvalue weighted by Gasteiger charge is 2.24. The fourth-order valence-electron chi connectivity index (χ4n) is 3.58. The number of halogens is 1. The van der Waals surface area contributed by atoms with Gasteiger partial charge in [-0.15, -0.1) is 0 Å². The number of Topliss-reactive ketones (excluding diaryl/α,β-unsaturated/α-hetero) is 1. The Balaban J connectivity index is 1.50. The number of carbonyl (C=O) groups excluding carboxylic acids is 2. The molecule has 2 aromatic carbocycles. The molecule has 29 heavy (non-hydrogen) atoms. The van der Waals surface area contributed by atoms with Gasteiger partial charge in [0.05, 0.1) is 17.9 Å². The molecule has 0 aliphatic carbocycles. The van der Waals surface area contributed by atoms with Crippen LogP contribution in [0.2, 0.25) is 0 Å². The summed E-state index contributed by atoms with van der Waals surface area (Å²) in [5.74, 6) is -0.600. The van der Waals surface area contributed by atoms with E-state index in [1.807, 2.05) is 30.9 Å². The molecule has 0 unspecified atom stereocenters. The molecule has 1 aliphatic rings. The Morgan fingerprint density at radius 2 is 1.76 bits per heavy atom. The quantitative estimate of drug-likeness (QED) is 0.723. The van der Waals surface area contributed by atoms with E-state index in [2.05, 4.69) is 5.32 Å². The van der Waals surface area contributed by atoms with Crippen molar-refractivity contribution in [2.75, 3.05) is 18.0 Å². The molecule has 0 saturated carbocycles. The molecule has 5 nitrogen and oxygen atoms in total. The summed E-state index contributed by atoms with van der Waals surface area (Å²) in [4.78, 5) is 26.1. The predicted molar refractivity (Wildman–Crippen MR) is 110 cm³/mol. The summed E-state index contributed by atoms with van der Waals surface area (Å²) in [5.41, 5.74) is 1.84. The third-order valence-electron chi connectivity index (χ3n) is 4.94. The highest BCUT2D eigenvalue weighted by Crippen LogP contribution is 2.24. The molecule has 2 atom stereocenters. The number of nitrogens with one attached hydrogen (secondary N) is 1. The van der Waals surface area contributed by atoms with E-state index in [-0.39, 0.29) is 49.1 Å². The monoisotopic (exact) mass is 398 g/mol. The van der Waals surface area contributed by atoms with Gasteiger partial charge in [-0.2, -0.15) is 0 Å². The van der Waals surface area contributed by atoms with Crippen LogP contribution >= 0.6 is 0 Å². The molecular formula is C23H27FN2O3. The number of ketones is 1. The van der Waals surface area contributed by atoms with E-state index in [4.69, 9.17) is 4.74 Å². The minimum atomic E-state index is -0.308. The molecule has 154 valence electrons. The van der Waals surface area contributed by atoms with Crippen molar-refractivity contribution in [3.05, 3.63) is 65.5 Å². The van der Waals surface area contributed by atoms with Gasteiger partial charge < -0.3 is 15.0 Å². The summed E-state index contributed by atoms with van der Waals surface area (Å²) in [6.45, 7) is 5.48. The Kier molecular flexibility index (Phi) is 6.99. The van der Waals surface area contributed by atoms with Gasteiger partial charge in [0.25, 0.3) is 0 Å². The molecule has 0 aromatic heterocycles. The lowest BCUT2D eigenvalue weighted by Gasteiger charge is -2.37. The van der Waals surface area contributed by atoms with Gasteiger partial charge in [0.15, 0.2) is 5.78 Å². The van der Waals surface area contributed by atoms with E-state index in [0.717, 1.165) is 0 Å². The average molecular weight is 398 g/mol. The molecule has 1 fully saturated rings. The summed E-state index contributed by atoms with van der Waals surface area (Å²) in [5, 5.41) is 2.75. The van der Waals surface area contributed by atoms with Crippen LogP contribution in [0.15, 0.2) is 48.5 Å². The lowest BCUT2D eigenvalue weighted by molar-refractivity contribution is -0.121. The summed E-state index contributed by atoms with van der Waals surface area (Å²) in [6.07, 6.45) is 0.361. The number of hydrogen-bond donors (Lipinski definition) is 1. The van der Waals surface area contributed by atoms with E-state index < -0.39 is 0 Å². The number of nitrogens with zero attached hydrogens (tertiary/aromatic N) is 1. The van der Waals surface area contributed by atoms with Crippen LogP contribution in [-0.4, -0.2) is 37.0 Å². The van der Waals surface area contributed by atoms with Gasteiger partial charge in [-0.3, -0.25) is 9.59 Å². The molecule has 0 spiro atoms. The van der Waals surface area contributed by atoms with Crippen molar-refractivity contribution in [1.29, 1.82) is 0 Å². The highest BCUT2D eigenvalue weighted by atomic mass is 19.1. The third-order valence-corrected chi connectivity index (χ3v) is 4.94. The first-order valence-electron chi connectivity index (χ1n) is 9.96. The minimum Gasteiger partial charge on any atom is -0.372 e. The van der Waals surface area contributed by atoms with Gasteiger partial charge in [0, 0.05) is 38.0 Å². The Labute approximate surface area is 170 Å². The average Bonchev–Trinajstić information content (AvgIpc) is 2.70. The molecule has 1 saturated heterocycles. The zero-order valence-corrected chi connectivity index (χ0v) is 16.9. The van der Waals surface area contributed by atoms with Gasteiger partial charge >= 0.3 is 0 Å². The number of ether oxygens (including phenoxy) is 1. The minimum absolute atomic E-state index is 0.0516. The molecular weight excluding hydrogens is 371 g/mol. The van der Waals surface area contributed by atoms with Crippen molar-refractivity contribution in [3.8, 4) is 0 Å². The van der Waals surface area contributed by atoms with Crippen LogP contribution in [-0.2, 0) is 16.1 Å². The zero-order chi connectivity index (χ0) is 20.8. The summed E-state index contributed by atoms with van der Waals surface area (Å²) >= 11 is 0. The van der Waals surface area contributed by atoms with Crippen LogP contribution in [0.1, 0.15) is 42.6 Å². The third kappa shape index (κ3) is 5.87. The first-order chi connectivity index (χ1) is 13.9. The zero-order valence-electron chi connectivity index (χ0n) is 16.9. The lowest BCUT2D eigenvalue weighted by atomic mass is 10.1.